The molecule has 2 atom stereocenters. The van der Waals surface area contributed by atoms with Crippen LogP contribution in [0.2, 0.25) is 0 Å². The molecule has 13 heavy (non-hydrogen) atoms. The lowest BCUT2D eigenvalue weighted by Crippen LogP contribution is -2.26. The molecule has 0 bridgehead atoms. The van der Waals surface area contributed by atoms with Crippen LogP contribution in [0.3, 0.4) is 0 Å². The Hall–Kier alpha value is -0.870. The second-order valence-corrected chi connectivity index (χ2v) is 4.34. The van der Waals surface area contributed by atoms with E-state index in [1.54, 1.807) is 11.3 Å². The van der Waals surface area contributed by atoms with Gasteiger partial charge in [-0.2, -0.15) is 0 Å². The summed E-state index contributed by atoms with van der Waals surface area (Å²) in [6.45, 7) is 0.639. The summed E-state index contributed by atoms with van der Waals surface area (Å²) in [7, 11) is 0. The number of nitrogens with one attached hydrogen (secondary N) is 1. The normalized spacial score (nSPS) is 25.6. The molecule has 1 amide bonds. The van der Waals surface area contributed by atoms with Gasteiger partial charge in [-0.05, 0) is 17.9 Å². The van der Waals surface area contributed by atoms with E-state index in [1.165, 1.54) is 4.88 Å². The molecule has 1 aromatic rings. The van der Waals surface area contributed by atoms with Crippen LogP contribution in [0, 0.1) is 5.92 Å². The zero-order valence-electron chi connectivity index (χ0n) is 7.19. The Kier molecular flexibility index (Phi) is 2.33. The van der Waals surface area contributed by atoms with Crippen LogP contribution in [0.4, 0.5) is 0 Å². The van der Waals surface area contributed by atoms with Crippen LogP contribution in [-0.4, -0.2) is 11.9 Å². The molecule has 0 spiro atoms. The topological polar surface area (TPSA) is 55.1 Å². The van der Waals surface area contributed by atoms with Gasteiger partial charge in [-0.25, -0.2) is 0 Å². The molecule has 2 unspecified atom stereocenters. The molecule has 1 aliphatic rings. The number of hydrogen-bond acceptors (Lipinski definition) is 3. The van der Waals surface area contributed by atoms with E-state index in [9.17, 15) is 4.79 Å². The number of amides is 1. The quantitative estimate of drug-likeness (QED) is 0.748. The van der Waals surface area contributed by atoms with Crippen LogP contribution in [0.5, 0.6) is 0 Å². The van der Waals surface area contributed by atoms with Crippen molar-refractivity contribution in [2.75, 3.05) is 0 Å². The largest absolute Gasteiger partial charge is 0.351 e. The monoisotopic (exact) mass is 196 g/mol. The van der Waals surface area contributed by atoms with Crippen LogP contribution in [0.15, 0.2) is 17.5 Å². The second-order valence-electron chi connectivity index (χ2n) is 3.30. The molecule has 1 aliphatic carbocycles. The van der Waals surface area contributed by atoms with Gasteiger partial charge in [0.2, 0.25) is 5.91 Å². The van der Waals surface area contributed by atoms with Gasteiger partial charge < -0.3 is 11.1 Å². The molecule has 3 N–H and O–H groups in total. The lowest BCUT2D eigenvalue weighted by atomic mass is 10.3. The highest BCUT2D eigenvalue weighted by molar-refractivity contribution is 7.09. The maximum absolute atomic E-state index is 11.3. The Labute approximate surface area is 80.9 Å². The predicted molar refractivity (Wildman–Crippen MR) is 52.2 cm³/mol. The first kappa shape index (κ1) is 8.72. The first-order valence-corrected chi connectivity index (χ1v) is 5.21. The van der Waals surface area contributed by atoms with Gasteiger partial charge in [0.1, 0.15) is 0 Å². The number of hydrogen-bond donors (Lipinski definition) is 2. The van der Waals surface area contributed by atoms with Crippen LogP contribution in [0.1, 0.15) is 11.3 Å². The molecular formula is C9H12N2OS. The number of carbonyl (C=O) groups excluding carboxylic acids is 1. The third-order valence-electron chi connectivity index (χ3n) is 2.19. The van der Waals surface area contributed by atoms with Gasteiger partial charge >= 0.3 is 0 Å². The Morgan fingerprint density at radius 1 is 1.77 bits per heavy atom. The maximum Gasteiger partial charge on any atom is 0.225 e. The molecule has 70 valence electrons. The van der Waals surface area contributed by atoms with E-state index in [0.29, 0.717) is 6.54 Å². The van der Waals surface area contributed by atoms with E-state index in [2.05, 4.69) is 5.32 Å². The van der Waals surface area contributed by atoms with Crippen molar-refractivity contribution < 1.29 is 4.79 Å². The highest BCUT2D eigenvalue weighted by Crippen LogP contribution is 2.27. The van der Waals surface area contributed by atoms with E-state index >= 15 is 0 Å². The smallest absolute Gasteiger partial charge is 0.225 e. The summed E-state index contributed by atoms with van der Waals surface area (Å²) in [6.07, 6.45) is 0.844. The van der Waals surface area contributed by atoms with Crippen molar-refractivity contribution in [1.29, 1.82) is 0 Å². The van der Waals surface area contributed by atoms with Gasteiger partial charge in [-0.1, -0.05) is 6.07 Å². The zero-order chi connectivity index (χ0) is 9.26. The molecule has 3 nitrogen and oxygen atoms in total. The van der Waals surface area contributed by atoms with Gasteiger partial charge in [0.25, 0.3) is 0 Å². The molecule has 0 saturated heterocycles. The highest BCUT2D eigenvalue weighted by atomic mass is 32.1. The van der Waals surface area contributed by atoms with Crippen molar-refractivity contribution in [3.05, 3.63) is 22.4 Å². The van der Waals surface area contributed by atoms with Crippen LogP contribution >= 0.6 is 11.3 Å². The predicted octanol–water partition coefficient (Wildman–Crippen LogP) is 0.711. The van der Waals surface area contributed by atoms with Crippen molar-refractivity contribution >= 4 is 17.2 Å². The maximum atomic E-state index is 11.3. The van der Waals surface area contributed by atoms with Gasteiger partial charge in [-0.15, -0.1) is 11.3 Å². The molecule has 4 heteroatoms. The minimum atomic E-state index is 0.0694. The lowest BCUT2D eigenvalue weighted by molar-refractivity contribution is -0.122. The number of thiophene rings is 1. The molecule has 1 heterocycles. The summed E-state index contributed by atoms with van der Waals surface area (Å²) >= 11 is 1.65. The SMILES string of the molecule is NC1CC1C(=O)NCc1cccs1. The number of carbonyl (C=O) groups is 1. The Morgan fingerprint density at radius 3 is 3.08 bits per heavy atom. The van der Waals surface area contributed by atoms with Crippen molar-refractivity contribution in [1.82, 2.24) is 5.32 Å². The fourth-order valence-corrected chi connectivity index (χ4v) is 1.88. The summed E-state index contributed by atoms with van der Waals surface area (Å²) in [5, 5.41) is 4.87. The van der Waals surface area contributed by atoms with Crippen LogP contribution in [0.25, 0.3) is 0 Å². The zero-order valence-corrected chi connectivity index (χ0v) is 8.01. The minimum absolute atomic E-state index is 0.0694. The Bertz CT molecular complexity index is 297. The third-order valence-corrected chi connectivity index (χ3v) is 3.07. The van der Waals surface area contributed by atoms with Gasteiger partial charge in [0.15, 0.2) is 0 Å². The van der Waals surface area contributed by atoms with E-state index in [0.717, 1.165) is 6.42 Å². The summed E-state index contributed by atoms with van der Waals surface area (Å²) < 4.78 is 0. The highest BCUT2D eigenvalue weighted by Gasteiger charge is 2.39. The molecule has 0 aromatic carbocycles. The molecule has 0 aliphatic heterocycles. The standard InChI is InChI=1S/C9H12N2OS/c10-8-4-7(8)9(12)11-5-6-2-1-3-13-6/h1-3,7-8H,4-5,10H2,(H,11,12). The number of nitrogens with two attached hydrogens (primary N) is 1. The van der Waals surface area contributed by atoms with Crippen LogP contribution < -0.4 is 11.1 Å². The fraction of sp³-hybridized carbons (Fsp3) is 0.444. The summed E-state index contributed by atoms with van der Waals surface area (Å²) in [4.78, 5) is 12.5. The molecule has 1 aromatic heterocycles. The van der Waals surface area contributed by atoms with Gasteiger partial charge in [0.05, 0.1) is 12.5 Å². The first-order chi connectivity index (χ1) is 6.27. The van der Waals surface area contributed by atoms with Crippen LogP contribution in [-0.2, 0) is 11.3 Å². The summed E-state index contributed by atoms with van der Waals surface area (Å²) in [6, 6.07) is 4.09. The molecule has 2 rings (SSSR count). The van der Waals surface area contributed by atoms with Gasteiger partial charge in [-0.3, -0.25) is 4.79 Å². The Morgan fingerprint density at radius 2 is 2.54 bits per heavy atom. The molecule has 0 radical (unpaired) electrons. The molecule has 1 fully saturated rings. The van der Waals surface area contributed by atoms with Crippen molar-refractivity contribution in [3.8, 4) is 0 Å². The summed E-state index contributed by atoms with van der Waals surface area (Å²) in [5.41, 5.74) is 5.56. The van der Waals surface area contributed by atoms with Crippen molar-refractivity contribution in [2.24, 2.45) is 11.7 Å². The van der Waals surface area contributed by atoms with E-state index in [-0.39, 0.29) is 17.9 Å². The first-order valence-electron chi connectivity index (χ1n) is 4.33. The fourth-order valence-electron chi connectivity index (χ4n) is 1.23. The Balaban J connectivity index is 1.77. The van der Waals surface area contributed by atoms with E-state index in [1.807, 2.05) is 17.5 Å². The van der Waals surface area contributed by atoms with Gasteiger partial charge in [0, 0.05) is 10.9 Å². The second kappa shape index (κ2) is 3.47. The lowest BCUT2D eigenvalue weighted by Gasteiger charge is -2.01. The average Bonchev–Trinajstić information content (AvgIpc) is 2.68. The van der Waals surface area contributed by atoms with Crippen molar-refractivity contribution in [3.63, 3.8) is 0 Å². The van der Waals surface area contributed by atoms with E-state index < -0.39 is 0 Å². The molecule has 1 saturated carbocycles. The van der Waals surface area contributed by atoms with Crippen molar-refractivity contribution in [2.45, 2.75) is 19.0 Å². The summed E-state index contributed by atoms with van der Waals surface area (Å²) in [5.74, 6) is 0.167. The average molecular weight is 196 g/mol. The number of rotatable bonds is 3. The minimum Gasteiger partial charge on any atom is -0.351 e. The third kappa shape index (κ3) is 2.08. The molecular weight excluding hydrogens is 184 g/mol. The van der Waals surface area contributed by atoms with E-state index in [4.69, 9.17) is 5.73 Å².